The van der Waals surface area contributed by atoms with Gasteiger partial charge >= 0.3 is 0 Å². The highest BCUT2D eigenvalue weighted by Gasteiger charge is 2.04. The van der Waals surface area contributed by atoms with E-state index < -0.39 is 0 Å². The molecule has 0 unspecified atom stereocenters. The molecule has 1 aromatic rings. The van der Waals surface area contributed by atoms with Gasteiger partial charge in [-0.2, -0.15) is 0 Å². The van der Waals surface area contributed by atoms with Crippen molar-refractivity contribution in [3.8, 4) is 0 Å². The van der Waals surface area contributed by atoms with E-state index in [0.29, 0.717) is 11.7 Å². The molecule has 0 saturated heterocycles. The maximum Gasteiger partial charge on any atom is 0.153 e. The minimum Gasteiger partial charge on any atom is -0.394 e. The fourth-order valence-corrected chi connectivity index (χ4v) is 0.872. The number of rotatable bonds is 2. The smallest absolute Gasteiger partial charge is 0.153 e. The Balaban J connectivity index is 2.92. The van der Waals surface area contributed by atoms with E-state index in [1.807, 2.05) is 20.8 Å². The van der Waals surface area contributed by atoms with Crippen LogP contribution >= 0.6 is 0 Å². The molecule has 66 valence electrons. The van der Waals surface area contributed by atoms with E-state index in [1.54, 1.807) is 0 Å². The Morgan fingerprint density at radius 2 is 2.08 bits per heavy atom. The zero-order chi connectivity index (χ0) is 9.14. The van der Waals surface area contributed by atoms with Gasteiger partial charge in [0.15, 0.2) is 5.82 Å². The van der Waals surface area contributed by atoms with Crippen LogP contribution in [-0.4, -0.2) is 16.0 Å². The van der Waals surface area contributed by atoms with Crippen LogP contribution in [0.1, 0.15) is 19.5 Å². The molecule has 0 aliphatic carbocycles. The second-order valence-electron chi connectivity index (χ2n) is 3.02. The summed E-state index contributed by atoms with van der Waals surface area (Å²) < 4.78 is 0. The Bertz CT molecular complexity index is 270. The third kappa shape index (κ3) is 1.84. The van der Waals surface area contributed by atoms with Crippen molar-refractivity contribution in [2.45, 2.75) is 26.8 Å². The second-order valence-corrected chi connectivity index (χ2v) is 3.02. The molecule has 0 aliphatic rings. The van der Waals surface area contributed by atoms with Gasteiger partial charge in [0.2, 0.25) is 0 Å². The lowest BCUT2D eigenvalue weighted by Crippen LogP contribution is -2.13. The summed E-state index contributed by atoms with van der Waals surface area (Å²) in [4.78, 5) is 8.00. The second kappa shape index (κ2) is 3.38. The number of nitrogens with zero attached hydrogens (tertiary/aromatic N) is 2. The van der Waals surface area contributed by atoms with E-state index in [1.165, 1.54) is 6.33 Å². The molecule has 3 N–H and O–H groups in total. The van der Waals surface area contributed by atoms with Crippen molar-refractivity contribution in [3.63, 3.8) is 0 Å². The quantitative estimate of drug-likeness (QED) is 0.692. The summed E-state index contributed by atoms with van der Waals surface area (Å²) in [5, 5.41) is 3.14. The molecule has 1 rings (SSSR count). The van der Waals surface area contributed by atoms with E-state index in [9.17, 15) is 0 Å². The highest BCUT2D eigenvalue weighted by atomic mass is 15.0. The van der Waals surface area contributed by atoms with Crippen LogP contribution in [0.2, 0.25) is 0 Å². The minimum atomic E-state index is 0.335. The molecule has 0 spiro atoms. The Labute approximate surface area is 72.2 Å². The molecule has 0 fully saturated rings. The van der Waals surface area contributed by atoms with Crippen molar-refractivity contribution in [1.82, 2.24) is 9.97 Å². The maximum absolute atomic E-state index is 5.74. The van der Waals surface area contributed by atoms with Gasteiger partial charge in [0, 0.05) is 6.04 Å². The van der Waals surface area contributed by atoms with Crippen LogP contribution in [-0.2, 0) is 0 Å². The first-order valence-electron chi connectivity index (χ1n) is 3.95. The highest BCUT2D eigenvalue weighted by Crippen LogP contribution is 2.16. The van der Waals surface area contributed by atoms with E-state index >= 15 is 0 Å². The number of anilines is 2. The first-order valence-corrected chi connectivity index (χ1v) is 3.95. The van der Waals surface area contributed by atoms with Gasteiger partial charge in [0.1, 0.15) is 6.33 Å². The van der Waals surface area contributed by atoms with Crippen molar-refractivity contribution in [3.05, 3.63) is 12.0 Å². The molecule has 0 saturated carbocycles. The Hall–Kier alpha value is -1.32. The van der Waals surface area contributed by atoms with Crippen molar-refractivity contribution in [2.24, 2.45) is 0 Å². The number of hydrogen-bond acceptors (Lipinski definition) is 4. The standard InChI is InChI=1S/C8H14N4/c1-5(2)12-8-7(9)6(3)10-4-11-8/h4-5H,9H2,1-3H3,(H,10,11,12). The number of hydrogen-bond donors (Lipinski definition) is 2. The predicted molar refractivity (Wildman–Crippen MR) is 49.9 cm³/mol. The molecule has 0 radical (unpaired) electrons. The molecule has 1 aromatic heterocycles. The fourth-order valence-electron chi connectivity index (χ4n) is 0.872. The molecular formula is C8H14N4. The largest absolute Gasteiger partial charge is 0.394 e. The van der Waals surface area contributed by atoms with Crippen LogP contribution < -0.4 is 11.1 Å². The predicted octanol–water partition coefficient (Wildman–Crippen LogP) is 1.19. The number of aromatic nitrogens is 2. The highest BCUT2D eigenvalue weighted by molar-refractivity contribution is 5.63. The molecule has 4 heteroatoms. The molecular weight excluding hydrogens is 152 g/mol. The monoisotopic (exact) mass is 166 g/mol. The zero-order valence-corrected chi connectivity index (χ0v) is 7.63. The van der Waals surface area contributed by atoms with Gasteiger partial charge in [-0.15, -0.1) is 0 Å². The molecule has 0 amide bonds. The normalized spacial score (nSPS) is 10.3. The van der Waals surface area contributed by atoms with Crippen molar-refractivity contribution >= 4 is 11.5 Å². The van der Waals surface area contributed by atoms with Gasteiger partial charge in [-0.3, -0.25) is 0 Å². The number of nitrogen functional groups attached to an aromatic ring is 1. The van der Waals surface area contributed by atoms with Crippen molar-refractivity contribution < 1.29 is 0 Å². The van der Waals surface area contributed by atoms with E-state index in [-0.39, 0.29) is 0 Å². The Morgan fingerprint density at radius 3 is 2.67 bits per heavy atom. The molecule has 0 aromatic carbocycles. The lowest BCUT2D eigenvalue weighted by molar-refractivity contribution is 0.885. The molecule has 0 aliphatic heterocycles. The number of nitrogens with one attached hydrogen (secondary N) is 1. The van der Waals surface area contributed by atoms with Crippen LogP contribution in [0.25, 0.3) is 0 Å². The maximum atomic E-state index is 5.74. The summed E-state index contributed by atoms with van der Waals surface area (Å²) in [6.45, 7) is 5.94. The zero-order valence-electron chi connectivity index (χ0n) is 7.63. The summed E-state index contributed by atoms with van der Waals surface area (Å²) in [6, 6.07) is 0.335. The van der Waals surface area contributed by atoms with Gasteiger partial charge in [0.05, 0.1) is 11.4 Å². The third-order valence-electron chi connectivity index (χ3n) is 1.51. The summed E-state index contributed by atoms with van der Waals surface area (Å²) in [7, 11) is 0. The summed E-state index contributed by atoms with van der Waals surface area (Å²) in [5.74, 6) is 0.720. The SMILES string of the molecule is Cc1ncnc(NC(C)C)c1N. The van der Waals surface area contributed by atoms with Crippen LogP contribution in [0.3, 0.4) is 0 Å². The van der Waals surface area contributed by atoms with Crippen molar-refractivity contribution in [2.75, 3.05) is 11.1 Å². The summed E-state index contributed by atoms with van der Waals surface area (Å²) in [5.41, 5.74) is 7.19. The van der Waals surface area contributed by atoms with Crippen LogP contribution in [0.15, 0.2) is 6.33 Å². The molecule has 0 bridgehead atoms. The number of nitrogens with two attached hydrogens (primary N) is 1. The minimum absolute atomic E-state index is 0.335. The average Bonchev–Trinajstić information content (AvgIpc) is 1.98. The first-order chi connectivity index (χ1) is 5.61. The number of aryl methyl sites for hydroxylation is 1. The molecule has 4 nitrogen and oxygen atoms in total. The first kappa shape index (κ1) is 8.77. The summed E-state index contributed by atoms with van der Waals surface area (Å²) in [6.07, 6.45) is 1.51. The molecule has 1 heterocycles. The van der Waals surface area contributed by atoms with Gasteiger partial charge < -0.3 is 11.1 Å². The van der Waals surface area contributed by atoms with Gasteiger partial charge in [-0.05, 0) is 20.8 Å². The van der Waals surface area contributed by atoms with Crippen LogP contribution in [0.4, 0.5) is 11.5 Å². The topological polar surface area (TPSA) is 63.8 Å². The van der Waals surface area contributed by atoms with Crippen LogP contribution in [0, 0.1) is 6.92 Å². The molecule has 0 atom stereocenters. The van der Waals surface area contributed by atoms with E-state index in [0.717, 1.165) is 11.5 Å². The van der Waals surface area contributed by atoms with E-state index in [2.05, 4.69) is 15.3 Å². The Morgan fingerprint density at radius 1 is 1.42 bits per heavy atom. The van der Waals surface area contributed by atoms with Gasteiger partial charge in [-0.25, -0.2) is 9.97 Å². The van der Waals surface area contributed by atoms with Crippen LogP contribution in [0.5, 0.6) is 0 Å². The lowest BCUT2D eigenvalue weighted by atomic mass is 10.3. The molecule has 12 heavy (non-hydrogen) atoms. The van der Waals surface area contributed by atoms with E-state index in [4.69, 9.17) is 5.73 Å². The van der Waals surface area contributed by atoms with Crippen molar-refractivity contribution in [1.29, 1.82) is 0 Å². The van der Waals surface area contributed by atoms with Gasteiger partial charge in [0.25, 0.3) is 0 Å². The third-order valence-corrected chi connectivity index (χ3v) is 1.51. The summed E-state index contributed by atoms with van der Waals surface area (Å²) >= 11 is 0. The Kier molecular flexibility index (Phi) is 2.47. The fraction of sp³-hybridized carbons (Fsp3) is 0.500. The van der Waals surface area contributed by atoms with Gasteiger partial charge in [-0.1, -0.05) is 0 Å². The lowest BCUT2D eigenvalue weighted by Gasteiger charge is -2.11. The average molecular weight is 166 g/mol.